The fourth-order valence-electron chi connectivity index (χ4n) is 0.869. The van der Waals surface area contributed by atoms with Crippen LogP contribution in [0.15, 0.2) is 0 Å². The van der Waals surface area contributed by atoms with Gasteiger partial charge in [0.25, 0.3) is 0 Å². The minimum absolute atomic E-state index is 0.0107. The lowest BCUT2D eigenvalue weighted by Gasteiger charge is -2.24. The summed E-state index contributed by atoms with van der Waals surface area (Å²) in [7, 11) is 0. The van der Waals surface area contributed by atoms with Crippen molar-refractivity contribution in [2.75, 3.05) is 18.4 Å². The molecule has 0 unspecified atom stereocenters. The highest BCUT2D eigenvalue weighted by atomic mass is 35.5. The summed E-state index contributed by atoms with van der Waals surface area (Å²) in [5, 5.41) is 0. The van der Waals surface area contributed by atoms with E-state index in [0.717, 1.165) is 0 Å². The van der Waals surface area contributed by atoms with E-state index in [4.69, 9.17) is 32.7 Å². The van der Waals surface area contributed by atoms with Gasteiger partial charge < -0.3 is 9.47 Å². The quantitative estimate of drug-likeness (QED) is 0.525. The molecule has 0 saturated heterocycles. The number of hydrogen-bond donors (Lipinski definition) is 0. The van der Waals surface area contributed by atoms with Gasteiger partial charge in [-0.3, -0.25) is 9.59 Å². The molecule has 4 nitrogen and oxygen atoms in total. The normalized spacial score (nSPS) is 11.0. The van der Waals surface area contributed by atoms with E-state index in [1.807, 2.05) is 0 Å². The van der Waals surface area contributed by atoms with Gasteiger partial charge in [0, 0.05) is 11.8 Å². The molecule has 0 aromatic heterocycles. The highest BCUT2D eigenvalue weighted by Gasteiger charge is 2.24. The fraction of sp³-hybridized carbons (Fsp3) is 0.800. The second-order valence-corrected chi connectivity index (χ2v) is 4.53. The van der Waals surface area contributed by atoms with Crippen molar-refractivity contribution in [3.63, 3.8) is 0 Å². The Labute approximate surface area is 105 Å². The van der Waals surface area contributed by atoms with Crippen LogP contribution in [0.1, 0.15) is 26.7 Å². The molecule has 0 bridgehead atoms. The van der Waals surface area contributed by atoms with Crippen LogP contribution < -0.4 is 0 Å². The first-order valence-corrected chi connectivity index (χ1v) is 5.97. The summed E-state index contributed by atoms with van der Waals surface area (Å²) in [6.07, 6.45) is 0.286. The zero-order valence-corrected chi connectivity index (χ0v) is 10.9. The first-order chi connectivity index (χ1) is 7.41. The smallest absolute Gasteiger partial charge is 0.307 e. The van der Waals surface area contributed by atoms with Crippen molar-refractivity contribution in [1.82, 2.24) is 0 Å². The van der Waals surface area contributed by atoms with Crippen LogP contribution in [0, 0.1) is 0 Å². The summed E-state index contributed by atoms with van der Waals surface area (Å²) in [5.41, 5.74) is -0.842. The van der Waals surface area contributed by atoms with Gasteiger partial charge in [-0.2, -0.15) is 0 Å². The van der Waals surface area contributed by atoms with Gasteiger partial charge in [-0.15, -0.1) is 23.2 Å². The van der Waals surface area contributed by atoms with Gasteiger partial charge in [-0.1, -0.05) is 0 Å². The van der Waals surface area contributed by atoms with Gasteiger partial charge in [0.15, 0.2) is 0 Å². The van der Waals surface area contributed by atoms with Crippen molar-refractivity contribution in [1.29, 1.82) is 0 Å². The molecule has 0 saturated carbocycles. The lowest BCUT2D eigenvalue weighted by molar-refractivity contribution is -0.168. The van der Waals surface area contributed by atoms with Crippen LogP contribution in [0.3, 0.4) is 0 Å². The number of halogens is 2. The van der Waals surface area contributed by atoms with Crippen molar-refractivity contribution in [2.24, 2.45) is 0 Å². The molecule has 0 heterocycles. The molecule has 0 rings (SSSR count). The van der Waals surface area contributed by atoms with E-state index in [1.165, 1.54) is 0 Å². The third-order valence-corrected chi connectivity index (χ3v) is 1.95. The van der Waals surface area contributed by atoms with E-state index in [1.54, 1.807) is 13.8 Å². The number of carbonyl (C=O) groups is 2. The van der Waals surface area contributed by atoms with E-state index in [0.29, 0.717) is 0 Å². The van der Waals surface area contributed by atoms with Crippen LogP contribution in [0.2, 0.25) is 0 Å². The van der Waals surface area contributed by atoms with Gasteiger partial charge in [0.2, 0.25) is 0 Å². The number of esters is 2. The standard InChI is InChI=1S/C10H16Cl2O4/c1-10(2,16-9(14)4-6-12)7-15-8(13)3-5-11/h3-7H2,1-2H3. The predicted octanol–water partition coefficient (Wildman–Crippen LogP) is 2.11. The molecule has 94 valence electrons. The lowest BCUT2D eigenvalue weighted by atomic mass is 10.1. The molecule has 0 radical (unpaired) electrons. The maximum absolute atomic E-state index is 11.2. The average Bonchev–Trinajstić information content (AvgIpc) is 2.15. The summed E-state index contributed by atoms with van der Waals surface area (Å²) < 4.78 is 9.97. The van der Waals surface area contributed by atoms with Gasteiger partial charge in [-0.05, 0) is 13.8 Å². The minimum Gasteiger partial charge on any atom is -0.461 e. The summed E-state index contributed by atoms with van der Waals surface area (Å²) >= 11 is 10.8. The number of ether oxygens (including phenoxy) is 2. The Morgan fingerprint density at radius 2 is 1.56 bits per heavy atom. The van der Waals surface area contributed by atoms with E-state index in [9.17, 15) is 9.59 Å². The molecule has 6 heteroatoms. The Hall–Kier alpha value is -0.480. The molecule has 0 aromatic carbocycles. The molecular weight excluding hydrogens is 255 g/mol. The third kappa shape index (κ3) is 7.77. The number of hydrogen-bond acceptors (Lipinski definition) is 4. The molecule has 0 N–H and O–H groups in total. The monoisotopic (exact) mass is 270 g/mol. The largest absolute Gasteiger partial charge is 0.461 e. The van der Waals surface area contributed by atoms with E-state index >= 15 is 0 Å². The fourth-order valence-corrected chi connectivity index (χ4v) is 1.18. The molecule has 0 aliphatic rings. The molecule has 0 spiro atoms. The highest BCUT2D eigenvalue weighted by Crippen LogP contribution is 2.12. The summed E-state index contributed by atoms with van der Waals surface area (Å²) in [4.78, 5) is 22.2. The Morgan fingerprint density at radius 1 is 1.06 bits per heavy atom. The van der Waals surface area contributed by atoms with Crippen LogP contribution in [0.5, 0.6) is 0 Å². The minimum atomic E-state index is -0.842. The SMILES string of the molecule is CC(C)(COC(=O)CCCl)OC(=O)CCCl. The van der Waals surface area contributed by atoms with E-state index in [2.05, 4.69) is 0 Å². The van der Waals surface area contributed by atoms with Gasteiger partial charge in [0.05, 0.1) is 12.8 Å². The van der Waals surface area contributed by atoms with Crippen LogP contribution in [-0.2, 0) is 19.1 Å². The first-order valence-electron chi connectivity index (χ1n) is 4.90. The maximum atomic E-state index is 11.2. The van der Waals surface area contributed by atoms with Crippen LogP contribution >= 0.6 is 23.2 Å². The predicted molar refractivity (Wildman–Crippen MR) is 61.8 cm³/mol. The van der Waals surface area contributed by atoms with Crippen LogP contribution in [0.25, 0.3) is 0 Å². The zero-order chi connectivity index (χ0) is 12.6. The summed E-state index contributed by atoms with van der Waals surface area (Å²) in [6.45, 7) is 3.33. The van der Waals surface area contributed by atoms with Gasteiger partial charge >= 0.3 is 11.9 Å². The number of alkyl halides is 2. The summed E-state index contributed by atoms with van der Waals surface area (Å²) in [6, 6.07) is 0. The second-order valence-electron chi connectivity index (χ2n) is 3.77. The summed E-state index contributed by atoms with van der Waals surface area (Å²) in [5.74, 6) is -0.392. The van der Waals surface area contributed by atoms with Crippen LogP contribution in [0.4, 0.5) is 0 Å². The van der Waals surface area contributed by atoms with E-state index < -0.39 is 17.5 Å². The Balaban J connectivity index is 3.94. The molecule has 0 fully saturated rings. The van der Waals surface area contributed by atoms with Crippen molar-refractivity contribution >= 4 is 35.1 Å². The van der Waals surface area contributed by atoms with Crippen molar-refractivity contribution in [3.05, 3.63) is 0 Å². The highest BCUT2D eigenvalue weighted by molar-refractivity contribution is 6.19. The lowest BCUT2D eigenvalue weighted by Crippen LogP contribution is -2.34. The Kier molecular flexibility index (Phi) is 7.51. The number of carbonyl (C=O) groups excluding carboxylic acids is 2. The third-order valence-electron chi connectivity index (χ3n) is 1.57. The Morgan fingerprint density at radius 3 is 2.06 bits per heavy atom. The Bertz CT molecular complexity index is 241. The van der Waals surface area contributed by atoms with Crippen molar-refractivity contribution in [2.45, 2.75) is 32.3 Å². The molecular formula is C10H16Cl2O4. The van der Waals surface area contributed by atoms with Gasteiger partial charge in [0.1, 0.15) is 12.2 Å². The average molecular weight is 271 g/mol. The van der Waals surface area contributed by atoms with E-state index in [-0.39, 0.29) is 31.2 Å². The molecule has 0 aliphatic heterocycles. The molecule has 0 atom stereocenters. The maximum Gasteiger partial charge on any atom is 0.307 e. The first kappa shape index (κ1) is 15.5. The zero-order valence-electron chi connectivity index (χ0n) is 9.42. The molecule has 0 aliphatic carbocycles. The second kappa shape index (κ2) is 7.74. The number of rotatable bonds is 7. The molecule has 0 aromatic rings. The molecule has 16 heavy (non-hydrogen) atoms. The van der Waals surface area contributed by atoms with Gasteiger partial charge in [-0.25, -0.2) is 0 Å². The molecule has 0 amide bonds. The van der Waals surface area contributed by atoms with Crippen molar-refractivity contribution < 1.29 is 19.1 Å². The van der Waals surface area contributed by atoms with Crippen molar-refractivity contribution in [3.8, 4) is 0 Å². The van der Waals surface area contributed by atoms with Crippen LogP contribution in [-0.4, -0.2) is 35.9 Å². The topological polar surface area (TPSA) is 52.6 Å².